The molecule has 0 atom stereocenters. The Morgan fingerprint density at radius 1 is 1.35 bits per heavy atom. The van der Waals surface area contributed by atoms with Gasteiger partial charge in [0.05, 0.1) is 22.3 Å². The predicted molar refractivity (Wildman–Crippen MR) is 70.2 cm³/mol. The smallest absolute Gasteiger partial charge is 0.160 e. The normalized spacial score (nSPS) is 11.5. The summed E-state index contributed by atoms with van der Waals surface area (Å²) in [4.78, 5) is 4.56. The summed E-state index contributed by atoms with van der Waals surface area (Å²) in [6, 6.07) is 5.53. The fourth-order valence-electron chi connectivity index (χ4n) is 2.16. The number of anilines is 1. The lowest BCUT2D eigenvalue weighted by Gasteiger charge is -2.04. The minimum Gasteiger partial charge on any atom is -0.398 e. The number of rotatable bonds is 0. The van der Waals surface area contributed by atoms with Crippen LogP contribution in [0.2, 0.25) is 5.02 Å². The van der Waals surface area contributed by atoms with E-state index in [1.54, 1.807) is 4.68 Å². The molecule has 2 N–H and O–H groups in total. The quantitative estimate of drug-likeness (QED) is 0.664. The Bertz CT molecular complexity index is 745. The number of aromatic nitrogens is 3. The maximum atomic E-state index is 6.18. The summed E-state index contributed by atoms with van der Waals surface area (Å²) in [7, 11) is 1.86. The third-order valence-corrected chi connectivity index (χ3v) is 3.17. The Morgan fingerprint density at radius 3 is 2.88 bits per heavy atom. The van der Waals surface area contributed by atoms with Gasteiger partial charge in [-0.3, -0.25) is 4.68 Å². The van der Waals surface area contributed by atoms with Crippen LogP contribution < -0.4 is 5.73 Å². The van der Waals surface area contributed by atoms with Gasteiger partial charge in [0.15, 0.2) is 5.65 Å². The van der Waals surface area contributed by atoms with Crippen LogP contribution in [0, 0.1) is 6.92 Å². The maximum absolute atomic E-state index is 6.18. The van der Waals surface area contributed by atoms with Crippen molar-refractivity contribution in [1.29, 1.82) is 0 Å². The molecular formula is C12H11ClN4. The van der Waals surface area contributed by atoms with Crippen LogP contribution in [0.5, 0.6) is 0 Å². The average molecular weight is 247 g/mol. The number of nitrogens with zero attached hydrogens (tertiary/aromatic N) is 3. The summed E-state index contributed by atoms with van der Waals surface area (Å²) < 4.78 is 1.74. The highest BCUT2D eigenvalue weighted by atomic mass is 35.5. The molecule has 1 aromatic carbocycles. The summed E-state index contributed by atoms with van der Waals surface area (Å²) in [5.41, 5.74) is 9.37. The standard InChI is InChI=1S/C12H11ClN4/c1-6-10-11(14)8-4-3-7(13)5-9(8)15-12(10)17(2)16-6/h3-5H,1-2H3,(H2,14,15). The molecule has 0 fully saturated rings. The van der Waals surface area contributed by atoms with E-state index in [0.717, 1.165) is 27.6 Å². The van der Waals surface area contributed by atoms with Gasteiger partial charge >= 0.3 is 0 Å². The second kappa shape index (κ2) is 3.34. The minimum absolute atomic E-state index is 0.655. The van der Waals surface area contributed by atoms with Gasteiger partial charge in [0.25, 0.3) is 0 Å². The molecule has 2 aromatic heterocycles. The molecule has 2 heterocycles. The van der Waals surface area contributed by atoms with Crippen LogP contribution in [0.25, 0.3) is 21.9 Å². The van der Waals surface area contributed by atoms with Crippen molar-refractivity contribution in [2.24, 2.45) is 7.05 Å². The SMILES string of the molecule is Cc1nn(C)c2nc3cc(Cl)ccc3c(N)c12. The van der Waals surface area contributed by atoms with Crippen molar-refractivity contribution in [3.8, 4) is 0 Å². The zero-order chi connectivity index (χ0) is 12.2. The number of nitrogen functional groups attached to an aromatic ring is 1. The average Bonchev–Trinajstić information content (AvgIpc) is 2.54. The number of hydrogen-bond acceptors (Lipinski definition) is 3. The highest BCUT2D eigenvalue weighted by Crippen LogP contribution is 2.31. The second-order valence-electron chi connectivity index (χ2n) is 4.09. The Hall–Kier alpha value is -1.81. The van der Waals surface area contributed by atoms with E-state index in [9.17, 15) is 0 Å². The van der Waals surface area contributed by atoms with Crippen LogP contribution in [0.15, 0.2) is 18.2 Å². The molecule has 3 aromatic rings. The highest BCUT2D eigenvalue weighted by Gasteiger charge is 2.13. The summed E-state index contributed by atoms with van der Waals surface area (Å²) in [6.07, 6.45) is 0. The van der Waals surface area contributed by atoms with Crippen LogP contribution in [-0.4, -0.2) is 14.8 Å². The van der Waals surface area contributed by atoms with E-state index in [4.69, 9.17) is 17.3 Å². The van der Waals surface area contributed by atoms with Gasteiger partial charge in [-0.05, 0) is 25.1 Å². The van der Waals surface area contributed by atoms with E-state index in [1.807, 2.05) is 32.2 Å². The highest BCUT2D eigenvalue weighted by molar-refractivity contribution is 6.31. The molecule has 3 rings (SSSR count). The van der Waals surface area contributed by atoms with Crippen LogP contribution >= 0.6 is 11.6 Å². The summed E-state index contributed by atoms with van der Waals surface area (Å²) in [5.74, 6) is 0. The molecule has 0 aliphatic rings. The Balaban J connectivity index is 2.59. The van der Waals surface area contributed by atoms with Crippen LogP contribution in [0.1, 0.15) is 5.69 Å². The van der Waals surface area contributed by atoms with Crippen LogP contribution in [-0.2, 0) is 7.05 Å². The molecule has 0 bridgehead atoms. The fraction of sp³-hybridized carbons (Fsp3) is 0.167. The first-order chi connectivity index (χ1) is 8.08. The maximum Gasteiger partial charge on any atom is 0.160 e. The van der Waals surface area contributed by atoms with E-state index in [2.05, 4.69) is 10.1 Å². The van der Waals surface area contributed by atoms with Crippen LogP contribution in [0.4, 0.5) is 5.69 Å². The fourth-order valence-corrected chi connectivity index (χ4v) is 2.33. The van der Waals surface area contributed by atoms with Crippen molar-refractivity contribution in [2.45, 2.75) is 6.92 Å². The molecule has 0 radical (unpaired) electrons. The molecule has 5 heteroatoms. The summed E-state index contributed by atoms with van der Waals surface area (Å²) in [5, 5.41) is 6.83. The van der Waals surface area contributed by atoms with Gasteiger partial charge in [0, 0.05) is 17.5 Å². The molecule has 17 heavy (non-hydrogen) atoms. The lowest BCUT2D eigenvalue weighted by molar-refractivity contribution is 0.775. The Kier molecular flexibility index (Phi) is 2.03. The summed E-state index contributed by atoms with van der Waals surface area (Å²) in [6.45, 7) is 1.93. The number of hydrogen-bond donors (Lipinski definition) is 1. The van der Waals surface area contributed by atoms with Gasteiger partial charge in [-0.15, -0.1) is 0 Å². The van der Waals surface area contributed by atoms with Crippen molar-refractivity contribution in [2.75, 3.05) is 5.73 Å². The number of nitrogens with two attached hydrogens (primary N) is 1. The van der Waals surface area contributed by atoms with E-state index in [0.29, 0.717) is 10.7 Å². The van der Waals surface area contributed by atoms with Gasteiger partial charge in [-0.25, -0.2) is 4.98 Å². The van der Waals surface area contributed by atoms with Crippen LogP contribution in [0.3, 0.4) is 0 Å². The lowest BCUT2D eigenvalue weighted by Crippen LogP contribution is -1.95. The lowest BCUT2D eigenvalue weighted by atomic mass is 10.1. The van der Waals surface area contributed by atoms with E-state index < -0.39 is 0 Å². The number of benzene rings is 1. The molecule has 0 aliphatic heterocycles. The van der Waals surface area contributed by atoms with Crippen molar-refractivity contribution < 1.29 is 0 Å². The molecule has 0 saturated heterocycles. The predicted octanol–water partition coefficient (Wildman–Crippen LogP) is 2.67. The molecule has 0 unspecified atom stereocenters. The number of pyridine rings is 1. The second-order valence-corrected chi connectivity index (χ2v) is 4.53. The van der Waals surface area contributed by atoms with E-state index >= 15 is 0 Å². The van der Waals surface area contributed by atoms with E-state index in [1.165, 1.54) is 0 Å². The molecule has 86 valence electrons. The number of halogens is 1. The Labute approximate surface area is 103 Å². The monoisotopic (exact) mass is 246 g/mol. The number of fused-ring (bicyclic) bond motifs is 2. The molecular weight excluding hydrogens is 236 g/mol. The van der Waals surface area contributed by atoms with Crippen molar-refractivity contribution in [3.05, 3.63) is 28.9 Å². The molecule has 0 aliphatic carbocycles. The van der Waals surface area contributed by atoms with Crippen molar-refractivity contribution in [3.63, 3.8) is 0 Å². The largest absolute Gasteiger partial charge is 0.398 e. The first-order valence-corrected chi connectivity index (χ1v) is 5.64. The van der Waals surface area contributed by atoms with Gasteiger partial charge in [-0.2, -0.15) is 5.10 Å². The summed E-state index contributed by atoms with van der Waals surface area (Å²) >= 11 is 5.96. The van der Waals surface area contributed by atoms with Gasteiger partial charge in [0.2, 0.25) is 0 Å². The van der Waals surface area contributed by atoms with Crippen molar-refractivity contribution in [1.82, 2.24) is 14.8 Å². The zero-order valence-electron chi connectivity index (χ0n) is 9.53. The van der Waals surface area contributed by atoms with Gasteiger partial charge in [0.1, 0.15) is 0 Å². The number of aryl methyl sites for hydroxylation is 2. The molecule has 0 saturated carbocycles. The third kappa shape index (κ3) is 1.37. The third-order valence-electron chi connectivity index (χ3n) is 2.94. The minimum atomic E-state index is 0.655. The van der Waals surface area contributed by atoms with Gasteiger partial charge < -0.3 is 5.73 Å². The Morgan fingerprint density at radius 2 is 2.12 bits per heavy atom. The topological polar surface area (TPSA) is 56.7 Å². The van der Waals surface area contributed by atoms with E-state index in [-0.39, 0.29) is 0 Å². The van der Waals surface area contributed by atoms with Gasteiger partial charge in [-0.1, -0.05) is 11.6 Å². The molecule has 4 nitrogen and oxygen atoms in total. The first-order valence-electron chi connectivity index (χ1n) is 5.26. The molecule has 0 spiro atoms. The zero-order valence-corrected chi connectivity index (χ0v) is 10.3. The van der Waals surface area contributed by atoms with Crippen molar-refractivity contribution >= 4 is 39.2 Å². The molecule has 0 amide bonds. The first kappa shape index (κ1) is 10.4.